The van der Waals surface area contributed by atoms with Crippen LogP contribution in [0.1, 0.15) is 5.56 Å². The first-order valence-electron chi connectivity index (χ1n) is 7.11. The SMILES string of the molecule is COc1ccc2c(Nc3ccc(CS(N)(=O)=O)cc3)ccnc2n1. The summed E-state index contributed by atoms with van der Waals surface area (Å²) in [7, 11) is -1.98. The second-order valence-electron chi connectivity index (χ2n) is 5.21. The number of pyridine rings is 2. The minimum atomic E-state index is -3.53. The summed E-state index contributed by atoms with van der Waals surface area (Å²) < 4.78 is 27.3. The van der Waals surface area contributed by atoms with Crippen molar-refractivity contribution in [3.05, 3.63) is 54.2 Å². The third-order valence-electron chi connectivity index (χ3n) is 3.39. The first kappa shape index (κ1) is 16.2. The maximum atomic E-state index is 11.1. The molecule has 124 valence electrons. The van der Waals surface area contributed by atoms with Gasteiger partial charge in [-0.2, -0.15) is 4.98 Å². The zero-order valence-electron chi connectivity index (χ0n) is 12.9. The van der Waals surface area contributed by atoms with E-state index in [2.05, 4.69) is 15.3 Å². The van der Waals surface area contributed by atoms with E-state index in [0.29, 0.717) is 17.1 Å². The Kier molecular flexibility index (Phi) is 4.32. The van der Waals surface area contributed by atoms with E-state index < -0.39 is 10.0 Å². The number of primary sulfonamides is 1. The van der Waals surface area contributed by atoms with Crippen molar-refractivity contribution in [3.8, 4) is 5.88 Å². The highest BCUT2D eigenvalue weighted by atomic mass is 32.2. The molecule has 8 heteroatoms. The van der Waals surface area contributed by atoms with Crippen LogP contribution in [0.15, 0.2) is 48.7 Å². The maximum absolute atomic E-state index is 11.1. The van der Waals surface area contributed by atoms with Gasteiger partial charge in [-0.1, -0.05) is 12.1 Å². The van der Waals surface area contributed by atoms with Gasteiger partial charge in [0.2, 0.25) is 15.9 Å². The van der Waals surface area contributed by atoms with Gasteiger partial charge in [-0.15, -0.1) is 0 Å². The summed E-state index contributed by atoms with van der Waals surface area (Å²) in [4.78, 5) is 8.53. The fraction of sp³-hybridized carbons (Fsp3) is 0.125. The lowest BCUT2D eigenvalue weighted by molar-refractivity contribution is 0.399. The molecule has 24 heavy (non-hydrogen) atoms. The molecule has 0 aliphatic carbocycles. The molecule has 0 saturated carbocycles. The Morgan fingerprint density at radius 1 is 1.12 bits per heavy atom. The molecule has 0 fully saturated rings. The quantitative estimate of drug-likeness (QED) is 0.734. The van der Waals surface area contributed by atoms with Crippen molar-refractivity contribution in [2.75, 3.05) is 12.4 Å². The molecule has 0 amide bonds. The van der Waals surface area contributed by atoms with Crippen molar-refractivity contribution in [3.63, 3.8) is 0 Å². The predicted molar refractivity (Wildman–Crippen MR) is 92.6 cm³/mol. The van der Waals surface area contributed by atoms with Crippen LogP contribution in [0.2, 0.25) is 0 Å². The second kappa shape index (κ2) is 6.42. The number of hydrogen-bond donors (Lipinski definition) is 2. The Hall–Kier alpha value is -2.71. The van der Waals surface area contributed by atoms with Gasteiger partial charge in [0, 0.05) is 23.3 Å². The Morgan fingerprint density at radius 3 is 2.54 bits per heavy atom. The molecular formula is C16H16N4O3S. The van der Waals surface area contributed by atoms with E-state index in [1.165, 1.54) is 0 Å². The molecule has 0 unspecified atom stereocenters. The normalized spacial score (nSPS) is 11.4. The van der Waals surface area contributed by atoms with Crippen LogP contribution in [0, 0.1) is 0 Å². The van der Waals surface area contributed by atoms with Crippen molar-refractivity contribution >= 4 is 32.4 Å². The van der Waals surface area contributed by atoms with Crippen molar-refractivity contribution in [2.45, 2.75) is 5.75 Å². The van der Waals surface area contributed by atoms with Crippen molar-refractivity contribution in [1.82, 2.24) is 9.97 Å². The summed E-state index contributed by atoms with van der Waals surface area (Å²) >= 11 is 0. The fourth-order valence-corrected chi connectivity index (χ4v) is 2.96. The van der Waals surface area contributed by atoms with E-state index in [1.807, 2.05) is 12.1 Å². The van der Waals surface area contributed by atoms with Gasteiger partial charge >= 0.3 is 0 Å². The Labute approximate surface area is 139 Å². The molecule has 2 heterocycles. The van der Waals surface area contributed by atoms with Gasteiger partial charge < -0.3 is 10.1 Å². The summed E-state index contributed by atoms with van der Waals surface area (Å²) in [6.07, 6.45) is 1.66. The van der Waals surface area contributed by atoms with Crippen molar-refractivity contribution in [2.24, 2.45) is 5.14 Å². The lowest BCUT2D eigenvalue weighted by Gasteiger charge is -2.10. The lowest BCUT2D eigenvalue weighted by Crippen LogP contribution is -2.14. The van der Waals surface area contributed by atoms with E-state index in [-0.39, 0.29) is 5.75 Å². The van der Waals surface area contributed by atoms with Crippen LogP contribution >= 0.6 is 0 Å². The number of nitrogens with two attached hydrogens (primary N) is 1. The van der Waals surface area contributed by atoms with Crippen LogP contribution in [0.5, 0.6) is 5.88 Å². The summed E-state index contributed by atoms with van der Waals surface area (Å²) in [5.41, 5.74) is 2.87. The van der Waals surface area contributed by atoms with Crippen LogP contribution in [0.4, 0.5) is 11.4 Å². The first-order valence-corrected chi connectivity index (χ1v) is 8.82. The fourth-order valence-electron chi connectivity index (χ4n) is 2.31. The number of rotatable bonds is 5. The molecule has 0 radical (unpaired) electrons. The average molecular weight is 344 g/mol. The summed E-state index contributed by atoms with van der Waals surface area (Å²) in [5, 5.41) is 9.17. The van der Waals surface area contributed by atoms with Crippen LogP contribution < -0.4 is 15.2 Å². The Bertz CT molecular complexity index is 972. The van der Waals surface area contributed by atoms with E-state index in [1.54, 1.807) is 43.6 Å². The van der Waals surface area contributed by atoms with Crippen molar-refractivity contribution in [1.29, 1.82) is 0 Å². The Balaban J connectivity index is 1.87. The third kappa shape index (κ3) is 3.79. The van der Waals surface area contributed by atoms with Gasteiger partial charge in [0.05, 0.1) is 18.6 Å². The topological polar surface area (TPSA) is 107 Å². The molecule has 0 spiro atoms. The molecule has 0 saturated heterocycles. The summed E-state index contributed by atoms with van der Waals surface area (Å²) in [6.45, 7) is 0. The molecule has 3 aromatic rings. The van der Waals surface area contributed by atoms with Crippen LogP contribution in [-0.2, 0) is 15.8 Å². The van der Waals surface area contributed by atoms with Gasteiger partial charge in [0.1, 0.15) is 0 Å². The summed E-state index contributed by atoms with van der Waals surface area (Å²) in [6, 6.07) is 12.5. The van der Waals surface area contributed by atoms with E-state index >= 15 is 0 Å². The second-order valence-corrected chi connectivity index (χ2v) is 6.83. The number of aromatic nitrogens is 2. The standard InChI is InChI=1S/C16H16N4O3S/c1-23-15-7-6-13-14(8-9-18-16(13)20-15)19-12-4-2-11(3-5-12)10-24(17,21)22/h2-9H,10H2,1H3,(H2,17,21,22)(H,18,19,20). The number of methoxy groups -OCH3 is 1. The maximum Gasteiger partial charge on any atom is 0.215 e. The molecule has 0 atom stereocenters. The highest BCUT2D eigenvalue weighted by Crippen LogP contribution is 2.26. The highest BCUT2D eigenvalue weighted by Gasteiger charge is 2.07. The third-order valence-corrected chi connectivity index (χ3v) is 4.12. The molecular weight excluding hydrogens is 328 g/mol. The van der Waals surface area contributed by atoms with Crippen LogP contribution in [0.3, 0.4) is 0 Å². The number of anilines is 2. The van der Waals surface area contributed by atoms with E-state index in [0.717, 1.165) is 16.8 Å². The largest absolute Gasteiger partial charge is 0.481 e. The van der Waals surface area contributed by atoms with Gasteiger partial charge in [0.15, 0.2) is 5.65 Å². The predicted octanol–water partition coefficient (Wildman–Crippen LogP) is 2.17. The number of nitrogens with zero attached hydrogens (tertiary/aromatic N) is 2. The molecule has 0 aliphatic heterocycles. The van der Waals surface area contributed by atoms with Crippen molar-refractivity contribution < 1.29 is 13.2 Å². The smallest absolute Gasteiger partial charge is 0.215 e. The zero-order valence-corrected chi connectivity index (χ0v) is 13.7. The Morgan fingerprint density at radius 2 is 1.88 bits per heavy atom. The number of benzene rings is 1. The van der Waals surface area contributed by atoms with E-state index in [4.69, 9.17) is 9.88 Å². The number of nitrogens with one attached hydrogen (secondary N) is 1. The first-order chi connectivity index (χ1) is 11.4. The molecule has 3 rings (SSSR count). The monoisotopic (exact) mass is 344 g/mol. The number of hydrogen-bond acceptors (Lipinski definition) is 6. The average Bonchev–Trinajstić information content (AvgIpc) is 2.55. The molecule has 1 aromatic carbocycles. The zero-order chi connectivity index (χ0) is 17.2. The number of ether oxygens (including phenoxy) is 1. The van der Waals surface area contributed by atoms with Gasteiger partial charge in [-0.3, -0.25) is 0 Å². The number of fused-ring (bicyclic) bond motifs is 1. The lowest BCUT2D eigenvalue weighted by atomic mass is 10.2. The van der Waals surface area contributed by atoms with E-state index in [9.17, 15) is 8.42 Å². The molecule has 2 aromatic heterocycles. The highest BCUT2D eigenvalue weighted by molar-refractivity contribution is 7.88. The van der Waals surface area contributed by atoms with Gasteiger partial charge in [0.25, 0.3) is 0 Å². The van der Waals surface area contributed by atoms with Gasteiger partial charge in [-0.25, -0.2) is 18.5 Å². The molecule has 0 bridgehead atoms. The number of sulfonamides is 1. The summed E-state index contributed by atoms with van der Waals surface area (Å²) in [5.74, 6) is 0.314. The minimum absolute atomic E-state index is 0.185. The molecule has 3 N–H and O–H groups in total. The van der Waals surface area contributed by atoms with Crippen LogP contribution in [0.25, 0.3) is 11.0 Å². The molecule has 0 aliphatic rings. The van der Waals surface area contributed by atoms with Gasteiger partial charge in [-0.05, 0) is 29.8 Å². The molecule has 7 nitrogen and oxygen atoms in total. The van der Waals surface area contributed by atoms with Crippen LogP contribution in [-0.4, -0.2) is 25.5 Å². The minimum Gasteiger partial charge on any atom is -0.481 e.